The van der Waals surface area contributed by atoms with Crippen molar-refractivity contribution in [3.05, 3.63) is 87.9 Å². The largest absolute Gasteiger partial charge is 0.371 e. The molecule has 0 amide bonds. The van der Waals surface area contributed by atoms with Gasteiger partial charge in [-0.1, -0.05) is 44.2 Å². The first-order chi connectivity index (χ1) is 17.7. The van der Waals surface area contributed by atoms with Crippen LogP contribution >= 0.6 is 0 Å². The lowest BCUT2D eigenvalue weighted by molar-refractivity contribution is 0.0975. The first-order valence-corrected chi connectivity index (χ1v) is 13.8. The average Bonchev–Trinajstić information content (AvgIpc) is 3.04. The molecule has 2 heterocycles. The zero-order valence-electron chi connectivity index (χ0n) is 20.8. The Morgan fingerprint density at radius 3 is 2.51 bits per heavy atom. The molecule has 3 aromatic rings. The van der Waals surface area contributed by atoms with Gasteiger partial charge in [0.05, 0.1) is 6.04 Å². The second kappa shape index (κ2) is 11.4. The minimum absolute atomic E-state index is 0.0639. The number of aryl methyl sites for hydroxylation is 1. The van der Waals surface area contributed by atoms with Crippen molar-refractivity contribution < 1.29 is 21.8 Å². The Kier molecular flexibility index (Phi) is 8.19. The lowest BCUT2D eigenvalue weighted by Gasteiger charge is -2.20. The van der Waals surface area contributed by atoms with Gasteiger partial charge >= 0.3 is 10.1 Å². The van der Waals surface area contributed by atoms with Crippen molar-refractivity contribution in [3.63, 3.8) is 0 Å². The Bertz CT molecular complexity index is 1420. The molecular weight excluding hydrogens is 497 g/mol. The minimum Gasteiger partial charge on any atom is -0.371 e. The summed E-state index contributed by atoms with van der Waals surface area (Å²) in [4.78, 5) is 31.6. The van der Waals surface area contributed by atoms with E-state index in [1.165, 1.54) is 41.0 Å². The molecule has 1 aromatic heterocycles. The molecule has 0 saturated heterocycles. The molecule has 0 spiro atoms. The highest BCUT2D eigenvalue weighted by Crippen LogP contribution is 2.28. The zero-order chi connectivity index (χ0) is 26.6. The van der Waals surface area contributed by atoms with Crippen LogP contribution in [-0.2, 0) is 23.1 Å². The lowest BCUT2D eigenvalue weighted by Crippen LogP contribution is -2.34. The van der Waals surface area contributed by atoms with Gasteiger partial charge < -0.3 is 9.50 Å². The summed E-state index contributed by atoms with van der Waals surface area (Å²) in [6.45, 7) is 4.90. The Labute approximate surface area is 215 Å². The highest BCUT2D eigenvalue weighted by atomic mass is 32.2. The smallest absolute Gasteiger partial charge is 0.339 e. The molecule has 0 radical (unpaired) electrons. The van der Waals surface area contributed by atoms with Crippen molar-refractivity contribution >= 4 is 15.9 Å². The summed E-state index contributed by atoms with van der Waals surface area (Å²) in [5.41, 5.74) is -0.290. The molecule has 8 nitrogen and oxygen atoms in total. The zero-order valence-corrected chi connectivity index (χ0v) is 21.6. The lowest BCUT2D eigenvalue weighted by atomic mass is 10.0. The molecule has 1 N–H and O–H groups in total. The number of nitrogens with zero attached hydrogens (tertiary/aromatic N) is 2. The SMILES string of the molecule is CCN[C@@H]1CC[C@H](C)Cn2c1nc(C(=O)CCc1ccc(F)cc1)c(OS(=O)(=O)c1ccccc1)c2=O. The highest BCUT2D eigenvalue weighted by molar-refractivity contribution is 7.87. The predicted molar refractivity (Wildman–Crippen MR) is 137 cm³/mol. The quantitative estimate of drug-likeness (QED) is 0.330. The summed E-state index contributed by atoms with van der Waals surface area (Å²) in [6, 6.07) is 12.9. The van der Waals surface area contributed by atoms with Crippen LogP contribution in [0.25, 0.3) is 0 Å². The summed E-state index contributed by atoms with van der Waals surface area (Å²) in [7, 11) is -4.40. The molecule has 37 heavy (non-hydrogen) atoms. The fourth-order valence-electron chi connectivity index (χ4n) is 4.46. The van der Waals surface area contributed by atoms with Gasteiger partial charge in [-0.3, -0.25) is 14.2 Å². The second-order valence-corrected chi connectivity index (χ2v) is 10.8. The third-order valence-electron chi connectivity index (χ3n) is 6.40. The first-order valence-electron chi connectivity index (χ1n) is 12.3. The Morgan fingerprint density at radius 1 is 1.14 bits per heavy atom. The Hall–Kier alpha value is -3.37. The summed E-state index contributed by atoms with van der Waals surface area (Å²) in [5.74, 6) is -0.982. The van der Waals surface area contributed by atoms with Crippen molar-refractivity contribution in [1.82, 2.24) is 14.9 Å². The van der Waals surface area contributed by atoms with Crippen LogP contribution in [0.1, 0.15) is 61.0 Å². The number of fused-ring (bicyclic) bond motifs is 1. The maximum Gasteiger partial charge on any atom is 0.339 e. The van der Waals surface area contributed by atoms with Crippen LogP contribution in [0.4, 0.5) is 4.39 Å². The van der Waals surface area contributed by atoms with E-state index in [0.29, 0.717) is 25.3 Å². The molecule has 10 heteroatoms. The summed E-state index contributed by atoms with van der Waals surface area (Å²) in [6.07, 6.45) is 1.74. The van der Waals surface area contributed by atoms with Gasteiger partial charge in [0.25, 0.3) is 5.56 Å². The average molecular weight is 528 g/mol. The predicted octanol–water partition coefficient (Wildman–Crippen LogP) is 4.05. The van der Waals surface area contributed by atoms with Crippen LogP contribution in [-0.4, -0.2) is 30.3 Å². The van der Waals surface area contributed by atoms with Crippen LogP contribution in [0.5, 0.6) is 5.75 Å². The topological polar surface area (TPSA) is 107 Å². The van der Waals surface area contributed by atoms with Gasteiger partial charge in [-0.25, -0.2) is 9.37 Å². The van der Waals surface area contributed by atoms with Crippen LogP contribution in [0, 0.1) is 11.7 Å². The fraction of sp³-hybridized carbons (Fsp3) is 0.370. The Morgan fingerprint density at radius 2 is 1.84 bits per heavy atom. The van der Waals surface area contributed by atoms with E-state index in [2.05, 4.69) is 10.3 Å². The third kappa shape index (κ3) is 6.14. The molecule has 2 aromatic carbocycles. The Balaban J connectivity index is 1.80. The maximum absolute atomic E-state index is 13.7. The van der Waals surface area contributed by atoms with Gasteiger partial charge in [0.15, 0.2) is 11.5 Å². The van der Waals surface area contributed by atoms with E-state index in [-0.39, 0.29) is 41.2 Å². The summed E-state index contributed by atoms with van der Waals surface area (Å²) >= 11 is 0. The van der Waals surface area contributed by atoms with E-state index in [9.17, 15) is 22.4 Å². The standard InChI is InChI=1S/C27H30FN3O5S/c1-3-29-22-15-9-18(2)17-31-26(22)30-24(23(32)16-12-19-10-13-20(28)14-11-19)25(27(31)33)36-37(34,35)21-7-5-4-6-8-21/h4-8,10-11,13-14,18,22,29H,3,9,12,15-17H2,1-2H3/t18-,22+/m0/s1. The summed E-state index contributed by atoms with van der Waals surface area (Å²) < 4.78 is 46.2. The maximum atomic E-state index is 13.7. The third-order valence-corrected chi connectivity index (χ3v) is 7.64. The van der Waals surface area contributed by atoms with Gasteiger partial charge in [-0.2, -0.15) is 8.42 Å². The van der Waals surface area contributed by atoms with Crippen LogP contribution in [0.3, 0.4) is 0 Å². The molecule has 1 aliphatic heterocycles. The van der Waals surface area contributed by atoms with Crippen LogP contribution in [0.2, 0.25) is 0 Å². The van der Waals surface area contributed by atoms with Gasteiger partial charge in [0.2, 0.25) is 5.75 Å². The molecule has 4 rings (SSSR count). The second-order valence-electron chi connectivity index (χ2n) is 9.26. The molecule has 0 saturated carbocycles. The fourth-order valence-corrected chi connectivity index (χ4v) is 5.41. The van der Waals surface area contributed by atoms with E-state index in [1.807, 2.05) is 13.8 Å². The van der Waals surface area contributed by atoms with Gasteiger partial charge in [0, 0.05) is 13.0 Å². The normalized spacial score (nSPS) is 17.6. The number of Topliss-reactive ketones (excluding diaryl/α,β-unsaturated/α-hetero) is 1. The molecule has 0 unspecified atom stereocenters. The van der Waals surface area contributed by atoms with Crippen LogP contribution < -0.4 is 15.1 Å². The first kappa shape index (κ1) is 26.7. The van der Waals surface area contributed by atoms with Crippen LogP contribution in [0.15, 0.2) is 64.3 Å². The molecule has 0 aliphatic carbocycles. The number of hydrogen-bond acceptors (Lipinski definition) is 7. The van der Waals surface area contributed by atoms with E-state index in [0.717, 1.165) is 12.0 Å². The number of benzene rings is 2. The summed E-state index contributed by atoms with van der Waals surface area (Å²) in [5, 5.41) is 3.32. The number of rotatable bonds is 9. The molecular formula is C27H30FN3O5S. The van der Waals surface area contributed by atoms with E-state index in [4.69, 9.17) is 4.18 Å². The van der Waals surface area contributed by atoms with Gasteiger partial charge in [-0.05, 0) is 61.6 Å². The number of carbonyl (C=O) groups excluding carboxylic acids is 1. The number of aromatic nitrogens is 2. The minimum atomic E-state index is -4.40. The number of carbonyl (C=O) groups is 1. The number of nitrogens with one attached hydrogen (secondary N) is 1. The molecule has 1 aliphatic rings. The van der Waals surface area contributed by atoms with Crippen molar-refractivity contribution in [1.29, 1.82) is 0 Å². The highest BCUT2D eigenvalue weighted by Gasteiger charge is 2.32. The molecule has 196 valence electrons. The van der Waals surface area contributed by atoms with E-state index < -0.39 is 27.2 Å². The number of hydrogen-bond donors (Lipinski definition) is 1. The van der Waals surface area contributed by atoms with Crippen molar-refractivity contribution in [2.45, 2.75) is 57.0 Å². The number of halogens is 1. The molecule has 0 fully saturated rings. The van der Waals surface area contributed by atoms with Gasteiger partial charge in [0.1, 0.15) is 16.5 Å². The van der Waals surface area contributed by atoms with E-state index in [1.54, 1.807) is 18.2 Å². The van der Waals surface area contributed by atoms with E-state index >= 15 is 0 Å². The monoisotopic (exact) mass is 527 g/mol. The van der Waals surface area contributed by atoms with Crippen molar-refractivity contribution in [2.75, 3.05) is 6.54 Å². The van der Waals surface area contributed by atoms with Gasteiger partial charge in [-0.15, -0.1) is 0 Å². The molecule has 0 bridgehead atoms. The number of ketones is 1. The molecule has 2 atom stereocenters. The van der Waals surface area contributed by atoms with Crippen molar-refractivity contribution in [2.24, 2.45) is 5.92 Å². The van der Waals surface area contributed by atoms with Crippen molar-refractivity contribution in [3.8, 4) is 5.75 Å².